The average Bonchev–Trinajstić information content (AvgIpc) is 2.73. The molecule has 1 aromatic heterocycles. The lowest BCUT2D eigenvalue weighted by Gasteiger charge is -2.14. The van der Waals surface area contributed by atoms with E-state index in [1.165, 1.54) is 16.0 Å². The normalized spacial score (nSPS) is 12.6. The lowest BCUT2D eigenvalue weighted by Crippen LogP contribution is -2.14. The lowest BCUT2D eigenvalue weighted by atomic mass is 9.95. The average molecular weight is 246 g/mol. The van der Waals surface area contributed by atoms with E-state index < -0.39 is 0 Å². The van der Waals surface area contributed by atoms with Gasteiger partial charge in [0.2, 0.25) is 0 Å². The van der Waals surface area contributed by atoms with Crippen LogP contribution in [0.15, 0.2) is 30.5 Å². The van der Waals surface area contributed by atoms with Crippen molar-refractivity contribution in [2.24, 2.45) is 5.73 Å². The number of aryl methyl sites for hydroxylation is 2. The van der Waals surface area contributed by atoms with Crippen molar-refractivity contribution < 1.29 is 0 Å². The molecule has 0 amide bonds. The Kier molecular flexibility index (Phi) is 3.92. The number of nitrogens with zero attached hydrogens (tertiary/aromatic N) is 1. The summed E-state index contributed by atoms with van der Waals surface area (Å²) in [4.78, 5) is 5.61. The van der Waals surface area contributed by atoms with Crippen LogP contribution in [0, 0.1) is 13.8 Å². The third kappa shape index (κ3) is 3.14. The first-order chi connectivity index (χ1) is 8.19. The quantitative estimate of drug-likeness (QED) is 0.900. The number of hydrogen-bond acceptors (Lipinski definition) is 3. The summed E-state index contributed by atoms with van der Waals surface area (Å²) in [5.74, 6) is 0.399. The highest BCUT2D eigenvalue weighted by Crippen LogP contribution is 2.23. The lowest BCUT2D eigenvalue weighted by molar-refractivity contribution is 0.700. The van der Waals surface area contributed by atoms with Crippen LogP contribution in [0.5, 0.6) is 0 Å². The van der Waals surface area contributed by atoms with Gasteiger partial charge in [0.15, 0.2) is 0 Å². The zero-order valence-corrected chi connectivity index (χ0v) is 11.1. The molecule has 1 unspecified atom stereocenters. The number of thiazole rings is 1. The van der Waals surface area contributed by atoms with E-state index >= 15 is 0 Å². The Morgan fingerprint density at radius 3 is 2.47 bits per heavy atom. The van der Waals surface area contributed by atoms with E-state index in [1.807, 2.05) is 13.1 Å². The maximum atomic E-state index is 5.88. The molecule has 1 atom stereocenters. The van der Waals surface area contributed by atoms with Crippen molar-refractivity contribution in [2.45, 2.75) is 26.2 Å². The molecule has 0 aliphatic heterocycles. The monoisotopic (exact) mass is 246 g/mol. The van der Waals surface area contributed by atoms with E-state index in [0.29, 0.717) is 12.5 Å². The molecule has 0 fully saturated rings. The first-order valence-electron chi connectivity index (χ1n) is 5.87. The van der Waals surface area contributed by atoms with Crippen LogP contribution in [0.3, 0.4) is 0 Å². The Labute approximate surface area is 107 Å². The van der Waals surface area contributed by atoms with Gasteiger partial charge in [-0.2, -0.15) is 0 Å². The predicted octanol–water partition coefficient (Wildman–Crippen LogP) is 3.04. The summed E-state index contributed by atoms with van der Waals surface area (Å²) in [5, 5.41) is 1.12. The molecule has 3 heteroatoms. The third-order valence-corrected chi connectivity index (χ3v) is 3.89. The molecule has 1 aromatic carbocycles. The Morgan fingerprint density at radius 1 is 1.24 bits per heavy atom. The number of hydrogen-bond donors (Lipinski definition) is 1. The zero-order chi connectivity index (χ0) is 12.3. The van der Waals surface area contributed by atoms with Crippen molar-refractivity contribution >= 4 is 11.3 Å². The minimum atomic E-state index is 0.399. The Balaban J connectivity index is 2.13. The maximum Gasteiger partial charge on any atom is 0.0896 e. The summed E-state index contributed by atoms with van der Waals surface area (Å²) in [6, 6.07) is 8.66. The summed E-state index contributed by atoms with van der Waals surface area (Å²) >= 11 is 1.76. The van der Waals surface area contributed by atoms with E-state index in [4.69, 9.17) is 5.73 Å². The maximum absolute atomic E-state index is 5.88. The zero-order valence-electron chi connectivity index (χ0n) is 10.3. The summed E-state index contributed by atoms with van der Waals surface area (Å²) in [5.41, 5.74) is 8.49. The summed E-state index contributed by atoms with van der Waals surface area (Å²) < 4.78 is 0. The van der Waals surface area contributed by atoms with Gasteiger partial charge < -0.3 is 5.73 Å². The highest BCUT2D eigenvalue weighted by molar-refractivity contribution is 7.11. The van der Waals surface area contributed by atoms with Crippen LogP contribution in [0.4, 0.5) is 0 Å². The molecule has 0 radical (unpaired) electrons. The van der Waals surface area contributed by atoms with Gasteiger partial charge in [0.25, 0.3) is 0 Å². The number of rotatable bonds is 4. The molecule has 0 spiro atoms. The highest BCUT2D eigenvalue weighted by Gasteiger charge is 2.11. The van der Waals surface area contributed by atoms with Gasteiger partial charge in [0.1, 0.15) is 0 Å². The Hall–Kier alpha value is -1.19. The molecule has 17 heavy (non-hydrogen) atoms. The Morgan fingerprint density at radius 2 is 1.94 bits per heavy atom. The van der Waals surface area contributed by atoms with Gasteiger partial charge in [-0.1, -0.05) is 29.8 Å². The molecule has 2 N–H and O–H groups in total. The number of benzene rings is 1. The first-order valence-corrected chi connectivity index (χ1v) is 6.68. The van der Waals surface area contributed by atoms with Crippen LogP contribution >= 0.6 is 11.3 Å². The van der Waals surface area contributed by atoms with Crippen molar-refractivity contribution in [1.29, 1.82) is 0 Å². The second kappa shape index (κ2) is 5.43. The molecule has 2 nitrogen and oxygen atoms in total. The van der Waals surface area contributed by atoms with Crippen LogP contribution < -0.4 is 5.73 Å². The third-order valence-electron chi connectivity index (χ3n) is 2.95. The van der Waals surface area contributed by atoms with Gasteiger partial charge in [0, 0.05) is 17.0 Å². The second-order valence-electron chi connectivity index (χ2n) is 4.39. The van der Waals surface area contributed by atoms with Crippen LogP contribution in [0.2, 0.25) is 0 Å². The molecular formula is C14H18N2S. The fourth-order valence-corrected chi connectivity index (χ4v) is 2.79. The van der Waals surface area contributed by atoms with E-state index in [2.05, 4.69) is 36.2 Å². The number of nitrogens with two attached hydrogens (primary N) is 1. The molecule has 0 saturated carbocycles. The predicted molar refractivity (Wildman–Crippen MR) is 73.5 cm³/mol. The van der Waals surface area contributed by atoms with Gasteiger partial charge in [-0.3, -0.25) is 0 Å². The standard InChI is InChI=1S/C14H18N2S/c1-10-3-5-12(6-4-10)13(8-15)7-14-9-16-11(2)17-14/h3-6,9,13H,7-8,15H2,1-2H3. The topological polar surface area (TPSA) is 38.9 Å². The molecule has 1 heterocycles. The van der Waals surface area contributed by atoms with Crippen molar-refractivity contribution in [3.8, 4) is 0 Å². The van der Waals surface area contributed by atoms with E-state index in [0.717, 1.165) is 11.4 Å². The van der Waals surface area contributed by atoms with Gasteiger partial charge in [-0.15, -0.1) is 11.3 Å². The van der Waals surface area contributed by atoms with Crippen LogP contribution in [-0.4, -0.2) is 11.5 Å². The summed E-state index contributed by atoms with van der Waals surface area (Å²) in [6.45, 7) is 4.82. The van der Waals surface area contributed by atoms with Gasteiger partial charge in [-0.05, 0) is 32.4 Å². The van der Waals surface area contributed by atoms with Gasteiger partial charge in [0.05, 0.1) is 5.01 Å². The molecule has 0 aliphatic carbocycles. The molecule has 0 saturated heterocycles. The van der Waals surface area contributed by atoms with Crippen molar-refractivity contribution in [1.82, 2.24) is 4.98 Å². The number of aromatic nitrogens is 1. The largest absolute Gasteiger partial charge is 0.330 e. The van der Waals surface area contributed by atoms with Crippen LogP contribution in [0.1, 0.15) is 26.9 Å². The molecular weight excluding hydrogens is 228 g/mol. The highest BCUT2D eigenvalue weighted by atomic mass is 32.1. The van der Waals surface area contributed by atoms with Crippen molar-refractivity contribution in [2.75, 3.05) is 6.54 Å². The molecule has 0 bridgehead atoms. The van der Waals surface area contributed by atoms with Crippen LogP contribution in [0.25, 0.3) is 0 Å². The SMILES string of the molecule is Cc1ccc(C(CN)Cc2cnc(C)s2)cc1. The Bertz CT molecular complexity index is 473. The van der Waals surface area contributed by atoms with E-state index in [-0.39, 0.29) is 0 Å². The van der Waals surface area contributed by atoms with E-state index in [1.54, 1.807) is 11.3 Å². The van der Waals surface area contributed by atoms with Gasteiger partial charge in [-0.25, -0.2) is 4.98 Å². The minimum absolute atomic E-state index is 0.399. The van der Waals surface area contributed by atoms with Crippen molar-refractivity contribution in [3.05, 3.63) is 51.5 Å². The molecule has 0 aliphatic rings. The molecule has 90 valence electrons. The second-order valence-corrected chi connectivity index (χ2v) is 5.71. The fourth-order valence-electron chi connectivity index (χ4n) is 1.92. The fraction of sp³-hybridized carbons (Fsp3) is 0.357. The molecule has 2 aromatic rings. The minimum Gasteiger partial charge on any atom is -0.330 e. The summed E-state index contributed by atoms with van der Waals surface area (Å²) in [6.07, 6.45) is 2.96. The van der Waals surface area contributed by atoms with E-state index in [9.17, 15) is 0 Å². The van der Waals surface area contributed by atoms with Gasteiger partial charge >= 0.3 is 0 Å². The van der Waals surface area contributed by atoms with Crippen LogP contribution in [-0.2, 0) is 6.42 Å². The first kappa shape index (κ1) is 12.3. The van der Waals surface area contributed by atoms with Crippen molar-refractivity contribution in [3.63, 3.8) is 0 Å². The summed E-state index contributed by atoms with van der Waals surface area (Å²) in [7, 11) is 0. The smallest absolute Gasteiger partial charge is 0.0896 e. The molecule has 2 rings (SSSR count).